The van der Waals surface area contributed by atoms with E-state index in [1.54, 1.807) is 6.07 Å². The number of rotatable bonds is 4. The number of para-hydroxylation sites is 1. The molecule has 0 fully saturated rings. The average molecular weight is 259 g/mol. The van der Waals surface area contributed by atoms with E-state index in [1.807, 2.05) is 39.0 Å². The van der Waals surface area contributed by atoms with Gasteiger partial charge in [0.2, 0.25) is 0 Å². The number of furan rings is 1. The second-order valence-corrected chi connectivity index (χ2v) is 5.04. The second-order valence-electron chi connectivity index (χ2n) is 5.04. The van der Waals surface area contributed by atoms with Gasteiger partial charge >= 0.3 is 0 Å². The van der Waals surface area contributed by atoms with Gasteiger partial charge in [-0.25, -0.2) is 0 Å². The fourth-order valence-corrected chi connectivity index (χ4v) is 2.49. The Bertz CT molecular complexity index is 560. The number of phenols is 1. The Labute approximate surface area is 114 Å². The summed E-state index contributed by atoms with van der Waals surface area (Å²) in [6.07, 6.45) is 0. The molecule has 0 radical (unpaired) electrons. The van der Waals surface area contributed by atoms with Gasteiger partial charge < -0.3 is 14.8 Å². The first-order valence-electron chi connectivity index (χ1n) is 6.60. The molecule has 2 aromatic rings. The smallest absolute Gasteiger partial charge is 0.120 e. The molecule has 0 saturated carbocycles. The van der Waals surface area contributed by atoms with Crippen molar-refractivity contribution in [1.29, 1.82) is 0 Å². The number of aryl methyl sites for hydroxylation is 2. The minimum Gasteiger partial charge on any atom is -0.508 e. The summed E-state index contributed by atoms with van der Waals surface area (Å²) < 4.78 is 5.56. The fourth-order valence-electron chi connectivity index (χ4n) is 2.49. The van der Waals surface area contributed by atoms with Crippen LogP contribution >= 0.6 is 0 Å². The Morgan fingerprint density at radius 3 is 2.26 bits per heavy atom. The lowest BCUT2D eigenvalue weighted by atomic mass is 10.0. The number of hydrogen-bond donors (Lipinski definition) is 2. The van der Waals surface area contributed by atoms with Crippen molar-refractivity contribution in [3.63, 3.8) is 0 Å². The van der Waals surface area contributed by atoms with Crippen LogP contribution in [0.4, 0.5) is 0 Å². The van der Waals surface area contributed by atoms with Gasteiger partial charge in [-0.05, 0) is 39.8 Å². The first-order valence-corrected chi connectivity index (χ1v) is 6.60. The summed E-state index contributed by atoms with van der Waals surface area (Å²) in [6, 6.07) is 9.73. The van der Waals surface area contributed by atoms with Crippen LogP contribution in [0.5, 0.6) is 5.75 Å². The molecule has 2 atom stereocenters. The van der Waals surface area contributed by atoms with Gasteiger partial charge in [-0.3, -0.25) is 0 Å². The molecule has 0 aliphatic carbocycles. The summed E-state index contributed by atoms with van der Waals surface area (Å²) in [5, 5.41) is 13.4. The van der Waals surface area contributed by atoms with E-state index in [1.165, 1.54) is 5.56 Å². The highest BCUT2D eigenvalue weighted by Gasteiger charge is 2.17. The summed E-state index contributed by atoms with van der Waals surface area (Å²) in [7, 11) is 0. The Morgan fingerprint density at radius 2 is 1.68 bits per heavy atom. The van der Waals surface area contributed by atoms with Gasteiger partial charge in [0.05, 0.1) is 0 Å². The Balaban J connectivity index is 2.13. The molecule has 19 heavy (non-hydrogen) atoms. The van der Waals surface area contributed by atoms with Crippen molar-refractivity contribution < 1.29 is 9.52 Å². The normalized spacial score (nSPS) is 14.3. The van der Waals surface area contributed by atoms with E-state index < -0.39 is 0 Å². The highest BCUT2D eigenvalue weighted by molar-refractivity contribution is 5.34. The summed E-state index contributed by atoms with van der Waals surface area (Å²) >= 11 is 0. The quantitative estimate of drug-likeness (QED) is 0.872. The Hall–Kier alpha value is -1.74. The van der Waals surface area contributed by atoms with Crippen LogP contribution < -0.4 is 5.32 Å². The summed E-state index contributed by atoms with van der Waals surface area (Å²) in [4.78, 5) is 0. The molecule has 0 bridgehead atoms. The highest BCUT2D eigenvalue weighted by atomic mass is 16.3. The van der Waals surface area contributed by atoms with Gasteiger partial charge in [-0.15, -0.1) is 0 Å². The van der Waals surface area contributed by atoms with Gasteiger partial charge in [0, 0.05) is 23.2 Å². The van der Waals surface area contributed by atoms with Crippen LogP contribution in [0.15, 0.2) is 34.7 Å². The topological polar surface area (TPSA) is 45.4 Å². The molecule has 1 aromatic heterocycles. The largest absolute Gasteiger partial charge is 0.508 e. The third-order valence-electron chi connectivity index (χ3n) is 3.45. The van der Waals surface area contributed by atoms with E-state index in [9.17, 15) is 5.11 Å². The number of nitrogens with one attached hydrogen (secondary N) is 1. The molecule has 3 nitrogen and oxygen atoms in total. The maximum absolute atomic E-state index is 9.86. The van der Waals surface area contributed by atoms with E-state index in [4.69, 9.17) is 4.42 Å². The zero-order chi connectivity index (χ0) is 14.0. The minimum absolute atomic E-state index is 0.0748. The molecule has 1 heterocycles. The predicted octanol–water partition coefficient (Wildman–Crippen LogP) is 4.01. The lowest BCUT2D eigenvalue weighted by Gasteiger charge is -2.20. The summed E-state index contributed by atoms with van der Waals surface area (Å²) in [6.45, 7) is 8.09. The number of hydrogen-bond acceptors (Lipinski definition) is 3. The summed E-state index contributed by atoms with van der Waals surface area (Å²) in [5.41, 5.74) is 2.08. The van der Waals surface area contributed by atoms with E-state index in [0.29, 0.717) is 5.75 Å². The Morgan fingerprint density at radius 1 is 1.05 bits per heavy atom. The molecular formula is C16H21NO2. The van der Waals surface area contributed by atoms with Gasteiger partial charge in [0.25, 0.3) is 0 Å². The molecular weight excluding hydrogens is 238 g/mol. The van der Waals surface area contributed by atoms with Crippen LogP contribution in [0, 0.1) is 13.8 Å². The summed E-state index contributed by atoms with van der Waals surface area (Å²) in [5.74, 6) is 2.20. The van der Waals surface area contributed by atoms with Crippen molar-refractivity contribution in [3.8, 4) is 5.75 Å². The molecule has 2 unspecified atom stereocenters. The first kappa shape index (κ1) is 13.7. The van der Waals surface area contributed by atoms with Gasteiger partial charge in [0.1, 0.15) is 17.3 Å². The van der Waals surface area contributed by atoms with Crippen LogP contribution in [0.3, 0.4) is 0 Å². The molecule has 0 amide bonds. The molecule has 1 aromatic carbocycles. The van der Waals surface area contributed by atoms with Crippen molar-refractivity contribution in [2.45, 2.75) is 39.8 Å². The van der Waals surface area contributed by atoms with Crippen LogP contribution in [0.2, 0.25) is 0 Å². The average Bonchev–Trinajstić information content (AvgIpc) is 2.69. The van der Waals surface area contributed by atoms with Crippen LogP contribution in [0.1, 0.15) is 48.6 Å². The van der Waals surface area contributed by atoms with Crippen molar-refractivity contribution in [2.75, 3.05) is 0 Å². The van der Waals surface area contributed by atoms with Crippen molar-refractivity contribution in [1.82, 2.24) is 5.32 Å². The number of aromatic hydroxyl groups is 1. The van der Waals surface area contributed by atoms with Gasteiger partial charge in [-0.2, -0.15) is 0 Å². The monoisotopic (exact) mass is 259 g/mol. The first-order chi connectivity index (χ1) is 8.99. The van der Waals surface area contributed by atoms with Crippen LogP contribution in [-0.4, -0.2) is 5.11 Å². The lowest BCUT2D eigenvalue weighted by Crippen LogP contribution is -2.22. The second kappa shape index (κ2) is 5.49. The molecule has 3 heteroatoms. The number of phenolic OH excluding ortho intramolecular Hbond substituents is 1. The van der Waals surface area contributed by atoms with Crippen molar-refractivity contribution >= 4 is 0 Å². The number of benzene rings is 1. The molecule has 0 aliphatic heterocycles. The SMILES string of the molecule is Cc1cc(C(C)NC(C)c2ccccc2O)c(C)o1. The third kappa shape index (κ3) is 2.99. The van der Waals surface area contributed by atoms with E-state index in [2.05, 4.69) is 18.3 Å². The molecule has 2 N–H and O–H groups in total. The highest BCUT2D eigenvalue weighted by Crippen LogP contribution is 2.27. The van der Waals surface area contributed by atoms with E-state index in [0.717, 1.165) is 17.1 Å². The molecule has 2 rings (SSSR count). The fraction of sp³-hybridized carbons (Fsp3) is 0.375. The molecule has 0 aliphatic rings. The minimum atomic E-state index is 0.0748. The van der Waals surface area contributed by atoms with Gasteiger partial charge in [0.15, 0.2) is 0 Å². The van der Waals surface area contributed by atoms with Crippen LogP contribution in [-0.2, 0) is 0 Å². The van der Waals surface area contributed by atoms with Gasteiger partial charge in [-0.1, -0.05) is 18.2 Å². The standard InChI is InChI=1S/C16H21NO2/c1-10-9-15(13(4)19-10)12(3)17-11(2)14-7-5-6-8-16(14)18/h5-9,11-12,17-18H,1-4H3. The molecule has 0 spiro atoms. The predicted molar refractivity (Wildman–Crippen MR) is 76.3 cm³/mol. The van der Waals surface area contributed by atoms with Crippen molar-refractivity contribution in [3.05, 3.63) is 53.0 Å². The molecule has 102 valence electrons. The zero-order valence-electron chi connectivity index (χ0n) is 11.9. The lowest BCUT2D eigenvalue weighted by molar-refractivity contribution is 0.434. The maximum Gasteiger partial charge on any atom is 0.120 e. The third-order valence-corrected chi connectivity index (χ3v) is 3.45. The van der Waals surface area contributed by atoms with Crippen molar-refractivity contribution in [2.24, 2.45) is 0 Å². The van der Waals surface area contributed by atoms with E-state index in [-0.39, 0.29) is 12.1 Å². The Kier molecular flexibility index (Phi) is 3.96. The molecule has 0 saturated heterocycles. The maximum atomic E-state index is 9.86. The van der Waals surface area contributed by atoms with Crippen LogP contribution in [0.25, 0.3) is 0 Å². The van der Waals surface area contributed by atoms with E-state index >= 15 is 0 Å². The zero-order valence-corrected chi connectivity index (χ0v) is 11.9.